The van der Waals surface area contributed by atoms with Gasteiger partial charge in [-0.2, -0.15) is 0 Å². The molecule has 1 aromatic rings. The van der Waals surface area contributed by atoms with E-state index in [0.717, 1.165) is 32.0 Å². The highest BCUT2D eigenvalue weighted by Gasteiger charge is 2.33. The largest absolute Gasteiger partial charge is 0.366 e. The molecule has 2 fully saturated rings. The quantitative estimate of drug-likeness (QED) is 0.887. The fourth-order valence-corrected chi connectivity index (χ4v) is 3.04. The van der Waals surface area contributed by atoms with Crippen molar-refractivity contribution >= 4 is 17.3 Å². The van der Waals surface area contributed by atoms with Crippen molar-refractivity contribution in [3.63, 3.8) is 0 Å². The lowest BCUT2D eigenvalue weighted by atomic mass is 10.1. The van der Waals surface area contributed by atoms with Crippen LogP contribution in [0, 0.1) is 11.7 Å². The van der Waals surface area contributed by atoms with Crippen LogP contribution in [0.3, 0.4) is 0 Å². The van der Waals surface area contributed by atoms with E-state index in [0.29, 0.717) is 16.8 Å². The van der Waals surface area contributed by atoms with E-state index in [1.54, 1.807) is 12.1 Å². The maximum atomic E-state index is 14.0. The van der Waals surface area contributed by atoms with Gasteiger partial charge in [-0.15, -0.1) is 0 Å². The van der Waals surface area contributed by atoms with Crippen LogP contribution in [-0.2, 0) is 0 Å². The standard InChI is InChI=1S/C14H18ClFN2/c15-11-3-1-4-12(16)14(11)18-8-2-7-17-13(9-18)10-5-6-10/h1,3-4,10,13,17H,2,5-9H2. The van der Waals surface area contributed by atoms with Crippen molar-refractivity contribution in [3.05, 3.63) is 29.0 Å². The lowest BCUT2D eigenvalue weighted by Gasteiger charge is -2.27. The molecule has 98 valence electrons. The molecule has 0 bridgehead atoms. The third kappa shape index (κ3) is 2.47. The molecule has 0 amide bonds. The summed E-state index contributed by atoms with van der Waals surface area (Å²) in [5.74, 6) is 0.565. The highest BCUT2D eigenvalue weighted by Crippen LogP contribution is 2.36. The molecule has 2 nitrogen and oxygen atoms in total. The summed E-state index contributed by atoms with van der Waals surface area (Å²) < 4.78 is 14.0. The number of benzene rings is 1. The van der Waals surface area contributed by atoms with Gasteiger partial charge in [0.05, 0.1) is 10.7 Å². The van der Waals surface area contributed by atoms with Gasteiger partial charge in [0.25, 0.3) is 0 Å². The Labute approximate surface area is 112 Å². The van der Waals surface area contributed by atoms with E-state index >= 15 is 0 Å². The predicted molar refractivity (Wildman–Crippen MR) is 72.8 cm³/mol. The number of anilines is 1. The van der Waals surface area contributed by atoms with E-state index in [1.165, 1.54) is 18.9 Å². The Morgan fingerprint density at radius 3 is 2.89 bits per heavy atom. The molecular formula is C14H18ClFN2. The maximum Gasteiger partial charge on any atom is 0.148 e. The Balaban J connectivity index is 1.84. The van der Waals surface area contributed by atoms with Crippen LogP contribution in [0.2, 0.25) is 5.02 Å². The molecule has 1 aliphatic heterocycles. The van der Waals surface area contributed by atoms with E-state index in [-0.39, 0.29) is 5.82 Å². The Kier molecular flexibility index (Phi) is 3.44. The van der Waals surface area contributed by atoms with Gasteiger partial charge in [0.15, 0.2) is 0 Å². The monoisotopic (exact) mass is 268 g/mol. The van der Waals surface area contributed by atoms with Crippen molar-refractivity contribution < 1.29 is 4.39 Å². The van der Waals surface area contributed by atoms with E-state index < -0.39 is 0 Å². The summed E-state index contributed by atoms with van der Waals surface area (Å²) in [5, 5.41) is 4.09. The van der Waals surface area contributed by atoms with Crippen LogP contribution < -0.4 is 10.2 Å². The van der Waals surface area contributed by atoms with Crippen LogP contribution in [-0.4, -0.2) is 25.7 Å². The molecule has 0 radical (unpaired) electrons. The average Bonchev–Trinajstić information content (AvgIpc) is 3.15. The first kappa shape index (κ1) is 12.2. The summed E-state index contributed by atoms with van der Waals surface area (Å²) in [6.45, 7) is 2.76. The zero-order valence-electron chi connectivity index (χ0n) is 10.3. The van der Waals surface area contributed by atoms with Gasteiger partial charge in [0.2, 0.25) is 0 Å². The Bertz CT molecular complexity index is 414. The van der Waals surface area contributed by atoms with Crippen LogP contribution in [0.25, 0.3) is 0 Å². The summed E-state index contributed by atoms with van der Waals surface area (Å²) in [5.41, 5.74) is 0.577. The molecule has 1 aliphatic carbocycles. The molecule has 18 heavy (non-hydrogen) atoms. The van der Waals surface area contributed by atoms with Gasteiger partial charge in [0, 0.05) is 19.1 Å². The summed E-state index contributed by atoms with van der Waals surface area (Å²) in [6, 6.07) is 5.41. The molecule has 2 aliphatic rings. The van der Waals surface area contributed by atoms with Crippen molar-refractivity contribution in [1.82, 2.24) is 5.32 Å². The van der Waals surface area contributed by atoms with E-state index in [2.05, 4.69) is 10.2 Å². The van der Waals surface area contributed by atoms with Crippen molar-refractivity contribution in [2.75, 3.05) is 24.5 Å². The smallest absolute Gasteiger partial charge is 0.148 e. The number of hydrogen-bond acceptors (Lipinski definition) is 2. The van der Waals surface area contributed by atoms with Gasteiger partial charge in [-0.05, 0) is 43.9 Å². The van der Waals surface area contributed by atoms with Gasteiger partial charge in [-0.3, -0.25) is 0 Å². The van der Waals surface area contributed by atoms with Crippen LogP contribution in [0.1, 0.15) is 19.3 Å². The number of nitrogens with one attached hydrogen (secondary N) is 1. The molecule has 1 aromatic carbocycles. The zero-order valence-corrected chi connectivity index (χ0v) is 11.1. The summed E-state index contributed by atoms with van der Waals surface area (Å²) in [4.78, 5) is 2.11. The molecule has 0 aromatic heterocycles. The predicted octanol–water partition coefficient (Wildman–Crippen LogP) is 3.06. The van der Waals surface area contributed by atoms with Gasteiger partial charge in [-0.25, -0.2) is 4.39 Å². The second-order valence-electron chi connectivity index (χ2n) is 5.27. The number of halogens is 2. The number of para-hydroxylation sites is 1. The first-order valence-corrected chi connectivity index (χ1v) is 7.06. The van der Waals surface area contributed by atoms with Crippen LogP contribution in [0.4, 0.5) is 10.1 Å². The maximum absolute atomic E-state index is 14.0. The van der Waals surface area contributed by atoms with Gasteiger partial charge >= 0.3 is 0 Å². The zero-order chi connectivity index (χ0) is 12.5. The van der Waals surface area contributed by atoms with Crippen LogP contribution in [0.5, 0.6) is 0 Å². The SMILES string of the molecule is Fc1cccc(Cl)c1N1CCCNC(C2CC2)C1. The van der Waals surface area contributed by atoms with E-state index in [4.69, 9.17) is 11.6 Å². The summed E-state index contributed by atoms with van der Waals surface area (Å²) >= 11 is 6.16. The van der Waals surface area contributed by atoms with E-state index in [9.17, 15) is 4.39 Å². The number of rotatable bonds is 2. The minimum atomic E-state index is -0.209. The second-order valence-corrected chi connectivity index (χ2v) is 5.68. The van der Waals surface area contributed by atoms with Crippen molar-refractivity contribution in [2.45, 2.75) is 25.3 Å². The fraction of sp³-hybridized carbons (Fsp3) is 0.571. The summed E-state index contributed by atoms with van der Waals surface area (Å²) in [6.07, 6.45) is 3.64. The normalized spacial score (nSPS) is 25.0. The Morgan fingerprint density at radius 2 is 2.17 bits per heavy atom. The van der Waals surface area contributed by atoms with Crippen molar-refractivity contribution in [1.29, 1.82) is 0 Å². The van der Waals surface area contributed by atoms with Crippen LogP contribution in [0.15, 0.2) is 18.2 Å². The van der Waals surface area contributed by atoms with Gasteiger partial charge in [0.1, 0.15) is 5.82 Å². The molecule has 1 saturated carbocycles. The van der Waals surface area contributed by atoms with Gasteiger partial charge < -0.3 is 10.2 Å². The minimum absolute atomic E-state index is 0.209. The first-order chi connectivity index (χ1) is 8.75. The van der Waals surface area contributed by atoms with E-state index in [1.807, 2.05) is 0 Å². The molecule has 4 heteroatoms. The third-order valence-corrected chi connectivity index (χ3v) is 4.18. The lowest BCUT2D eigenvalue weighted by molar-refractivity contribution is 0.488. The highest BCUT2D eigenvalue weighted by atomic mass is 35.5. The average molecular weight is 269 g/mol. The molecule has 1 unspecified atom stereocenters. The summed E-state index contributed by atoms with van der Waals surface area (Å²) in [7, 11) is 0. The molecule has 1 atom stereocenters. The third-order valence-electron chi connectivity index (χ3n) is 3.87. The first-order valence-electron chi connectivity index (χ1n) is 6.68. The topological polar surface area (TPSA) is 15.3 Å². The molecule has 0 spiro atoms. The Morgan fingerprint density at radius 1 is 1.33 bits per heavy atom. The minimum Gasteiger partial charge on any atom is -0.366 e. The molecule has 1 heterocycles. The van der Waals surface area contributed by atoms with Crippen molar-refractivity contribution in [2.24, 2.45) is 5.92 Å². The van der Waals surface area contributed by atoms with Crippen LogP contribution >= 0.6 is 11.6 Å². The number of nitrogens with zero attached hydrogens (tertiary/aromatic N) is 1. The van der Waals surface area contributed by atoms with Crippen molar-refractivity contribution in [3.8, 4) is 0 Å². The number of hydrogen-bond donors (Lipinski definition) is 1. The highest BCUT2D eigenvalue weighted by molar-refractivity contribution is 6.33. The second kappa shape index (κ2) is 5.06. The fourth-order valence-electron chi connectivity index (χ4n) is 2.76. The van der Waals surface area contributed by atoms with Gasteiger partial charge in [-0.1, -0.05) is 17.7 Å². The Hall–Kier alpha value is -0.800. The molecular weight excluding hydrogens is 251 g/mol. The lowest BCUT2D eigenvalue weighted by Crippen LogP contribution is -2.39. The molecule has 1 N–H and O–H groups in total. The molecule has 3 rings (SSSR count). The molecule has 1 saturated heterocycles.